The molecule has 0 aliphatic carbocycles. The minimum atomic E-state index is -0.741. The summed E-state index contributed by atoms with van der Waals surface area (Å²) in [5.74, 6) is 0.0590. The Morgan fingerprint density at radius 3 is 2.82 bits per heavy atom. The molecule has 2 aliphatic rings. The van der Waals surface area contributed by atoms with E-state index in [1.807, 2.05) is 30.3 Å². The van der Waals surface area contributed by atoms with E-state index in [-0.39, 0.29) is 18.2 Å². The second-order valence-corrected chi connectivity index (χ2v) is 5.34. The van der Waals surface area contributed by atoms with Crippen molar-refractivity contribution in [3.8, 4) is 0 Å². The van der Waals surface area contributed by atoms with Crippen molar-refractivity contribution in [3.63, 3.8) is 0 Å². The molecule has 1 aromatic carbocycles. The molecule has 0 radical (unpaired) electrons. The van der Waals surface area contributed by atoms with Crippen LogP contribution in [0.2, 0.25) is 0 Å². The maximum absolute atomic E-state index is 13.9. The molecule has 0 saturated carbocycles. The highest BCUT2D eigenvalue weighted by molar-refractivity contribution is 9.09. The predicted molar refractivity (Wildman–Crippen MR) is 67.8 cm³/mol. The second kappa shape index (κ2) is 4.67. The molecule has 2 fully saturated rings. The van der Waals surface area contributed by atoms with Gasteiger partial charge in [0.2, 0.25) is 0 Å². The van der Waals surface area contributed by atoms with E-state index in [4.69, 9.17) is 4.74 Å². The van der Waals surface area contributed by atoms with Gasteiger partial charge in [-0.05, 0) is 5.56 Å². The van der Waals surface area contributed by atoms with Crippen LogP contribution in [0.4, 0.5) is 4.39 Å². The summed E-state index contributed by atoms with van der Waals surface area (Å²) >= 11 is 3.41. The van der Waals surface area contributed by atoms with Crippen molar-refractivity contribution in [1.29, 1.82) is 0 Å². The van der Waals surface area contributed by atoms with E-state index in [2.05, 4.69) is 20.8 Å². The fraction of sp³-hybridized carbons (Fsp3) is 0.538. The molecular formula is C13H15BrFNO. The van der Waals surface area contributed by atoms with Crippen molar-refractivity contribution in [1.82, 2.24) is 4.90 Å². The zero-order valence-electron chi connectivity index (χ0n) is 9.43. The molecule has 3 rings (SSSR count). The summed E-state index contributed by atoms with van der Waals surface area (Å²) in [6, 6.07) is 10.3. The van der Waals surface area contributed by atoms with Crippen LogP contribution in [0.5, 0.6) is 0 Å². The summed E-state index contributed by atoms with van der Waals surface area (Å²) < 4.78 is 19.7. The Hall–Kier alpha value is -0.450. The first kappa shape index (κ1) is 11.6. The summed E-state index contributed by atoms with van der Waals surface area (Å²) in [7, 11) is 0. The van der Waals surface area contributed by atoms with Crippen molar-refractivity contribution < 1.29 is 9.13 Å². The van der Waals surface area contributed by atoms with Crippen molar-refractivity contribution >= 4 is 15.9 Å². The minimum absolute atomic E-state index is 0.0590. The average Bonchev–Trinajstić information content (AvgIpc) is 2.87. The highest BCUT2D eigenvalue weighted by Crippen LogP contribution is 2.40. The molecule has 17 heavy (non-hydrogen) atoms. The molecule has 1 aromatic rings. The predicted octanol–water partition coefficient (Wildman–Crippen LogP) is 2.75. The van der Waals surface area contributed by atoms with Crippen LogP contribution in [-0.2, 0) is 4.74 Å². The van der Waals surface area contributed by atoms with Crippen molar-refractivity contribution in [3.05, 3.63) is 35.9 Å². The van der Waals surface area contributed by atoms with Gasteiger partial charge < -0.3 is 4.74 Å². The quantitative estimate of drug-likeness (QED) is 0.779. The fourth-order valence-electron chi connectivity index (χ4n) is 2.84. The van der Waals surface area contributed by atoms with Gasteiger partial charge in [-0.25, -0.2) is 4.39 Å². The van der Waals surface area contributed by atoms with Crippen LogP contribution in [-0.4, -0.2) is 35.6 Å². The summed E-state index contributed by atoms with van der Waals surface area (Å²) in [5, 5.41) is 0.709. The van der Waals surface area contributed by atoms with E-state index in [1.165, 1.54) is 0 Å². The number of rotatable bonds is 2. The number of halogens is 2. The molecule has 0 N–H and O–H groups in total. The molecule has 4 heteroatoms. The second-order valence-electron chi connectivity index (χ2n) is 4.69. The van der Waals surface area contributed by atoms with Gasteiger partial charge in [-0.15, -0.1) is 0 Å². The first-order chi connectivity index (χ1) is 8.31. The Labute approximate surface area is 109 Å². The van der Waals surface area contributed by atoms with E-state index in [1.54, 1.807) is 0 Å². The molecule has 0 amide bonds. The number of hydrogen-bond acceptors (Lipinski definition) is 2. The van der Waals surface area contributed by atoms with Gasteiger partial charge in [-0.2, -0.15) is 0 Å². The zero-order valence-corrected chi connectivity index (χ0v) is 11.0. The average molecular weight is 300 g/mol. The van der Waals surface area contributed by atoms with Crippen LogP contribution in [0, 0.1) is 5.92 Å². The number of fused-ring (bicyclic) bond motifs is 1. The first-order valence-electron chi connectivity index (χ1n) is 5.93. The topological polar surface area (TPSA) is 12.5 Å². The number of hydrogen-bond donors (Lipinski definition) is 0. The van der Waals surface area contributed by atoms with Crippen molar-refractivity contribution in [2.75, 3.05) is 18.5 Å². The Bertz CT molecular complexity index is 388. The van der Waals surface area contributed by atoms with Crippen LogP contribution in [0.15, 0.2) is 30.3 Å². The molecule has 0 aromatic heterocycles. The normalized spacial score (nSPS) is 37.3. The molecule has 2 heterocycles. The lowest BCUT2D eigenvalue weighted by Crippen LogP contribution is -2.30. The highest BCUT2D eigenvalue weighted by Gasteiger charge is 2.49. The third-order valence-electron chi connectivity index (χ3n) is 3.76. The SMILES string of the molecule is FC1CN2[C@@H](c3ccccc3)OC[C@@H]2[C@H]1CBr. The minimum Gasteiger partial charge on any atom is -0.357 e. The maximum atomic E-state index is 13.9. The molecule has 4 atom stereocenters. The van der Waals surface area contributed by atoms with E-state index in [0.717, 1.165) is 5.56 Å². The number of nitrogens with zero attached hydrogens (tertiary/aromatic N) is 1. The zero-order chi connectivity index (χ0) is 11.8. The summed E-state index contributed by atoms with van der Waals surface area (Å²) in [4.78, 5) is 2.16. The van der Waals surface area contributed by atoms with Gasteiger partial charge in [-0.3, -0.25) is 4.90 Å². The van der Waals surface area contributed by atoms with E-state index >= 15 is 0 Å². The first-order valence-corrected chi connectivity index (χ1v) is 7.05. The van der Waals surface area contributed by atoms with Gasteiger partial charge in [0.1, 0.15) is 12.4 Å². The standard InChI is InChI=1S/C13H15BrFNO/c14-6-10-11(15)7-16-12(10)8-17-13(16)9-4-2-1-3-5-9/h1-5,10-13H,6-8H2/t10-,11?,12+,13+/m0/s1. The van der Waals surface area contributed by atoms with E-state index < -0.39 is 6.17 Å². The lowest BCUT2D eigenvalue weighted by Gasteiger charge is -2.22. The van der Waals surface area contributed by atoms with Crippen LogP contribution in [0.25, 0.3) is 0 Å². The van der Waals surface area contributed by atoms with Gasteiger partial charge in [0.25, 0.3) is 0 Å². The Kier molecular flexibility index (Phi) is 3.19. The lowest BCUT2D eigenvalue weighted by molar-refractivity contribution is 0.0282. The van der Waals surface area contributed by atoms with E-state index in [9.17, 15) is 4.39 Å². The van der Waals surface area contributed by atoms with Crippen LogP contribution < -0.4 is 0 Å². The highest BCUT2D eigenvalue weighted by atomic mass is 79.9. The largest absolute Gasteiger partial charge is 0.357 e. The molecule has 1 unspecified atom stereocenters. The monoisotopic (exact) mass is 299 g/mol. The lowest BCUT2D eigenvalue weighted by atomic mass is 10.0. The molecule has 2 nitrogen and oxygen atoms in total. The number of ether oxygens (including phenoxy) is 1. The van der Waals surface area contributed by atoms with Crippen molar-refractivity contribution in [2.24, 2.45) is 5.92 Å². The molecular weight excluding hydrogens is 285 g/mol. The van der Waals surface area contributed by atoms with Gasteiger partial charge in [-0.1, -0.05) is 46.3 Å². The molecule has 2 aliphatic heterocycles. The van der Waals surface area contributed by atoms with Crippen LogP contribution in [0.1, 0.15) is 11.8 Å². The molecule has 2 saturated heterocycles. The number of benzene rings is 1. The molecule has 0 spiro atoms. The van der Waals surface area contributed by atoms with Gasteiger partial charge in [0, 0.05) is 23.8 Å². The maximum Gasteiger partial charge on any atom is 0.137 e. The summed E-state index contributed by atoms with van der Waals surface area (Å²) in [5.41, 5.74) is 1.12. The molecule has 92 valence electrons. The fourth-order valence-corrected chi connectivity index (χ4v) is 3.68. The Balaban J connectivity index is 1.83. The molecule has 0 bridgehead atoms. The van der Waals surface area contributed by atoms with Gasteiger partial charge in [0.05, 0.1) is 6.61 Å². The summed E-state index contributed by atoms with van der Waals surface area (Å²) in [6.07, 6.45) is -0.807. The Morgan fingerprint density at radius 2 is 2.12 bits per heavy atom. The Morgan fingerprint density at radius 1 is 1.35 bits per heavy atom. The van der Waals surface area contributed by atoms with Gasteiger partial charge in [0.15, 0.2) is 0 Å². The van der Waals surface area contributed by atoms with Crippen LogP contribution >= 0.6 is 15.9 Å². The van der Waals surface area contributed by atoms with Gasteiger partial charge >= 0.3 is 0 Å². The van der Waals surface area contributed by atoms with E-state index in [0.29, 0.717) is 18.5 Å². The third-order valence-corrected chi connectivity index (χ3v) is 4.51. The summed E-state index contributed by atoms with van der Waals surface area (Å²) in [6.45, 7) is 1.12. The van der Waals surface area contributed by atoms with Crippen LogP contribution in [0.3, 0.4) is 0 Å². The third kappa shape index (κ3) is 1.92. The number of alkyl halides is 2. The van der Waals surface area contributed by atoms with Crippen molar-refractivity contribution in [2.45, 2.75) is 18.4 Å². The smallest absolute Gasteiger partial charge is 0.137 e.